The minimum atomic E-state index is -1.03. The Bertz CT molecular complexity index is 833. The lowest BCUT2D eigenvalue weighted by molar-refractivity contribution is -0.136. The molecule has 8 heteroatoms. The van der Waals surface area contributed by atoms with Crippen molar-refractivity contribution in [2.75, 3.05) is 30.2 Å². The Labute approximate surface area is 150 Å². The summed E-state index contributed by atoms with van der Waals surface area (Å²) in [7, 11) is 2.91. The van der Waals surface area contributed by atoms with E-state index in [-0.39, 0.29) is 11.4 Å². The van der Waals surface area contributed by atoms with Crippen molar-refractivity contribution >= 4 is 34.8 Å². The monoisotopic (exact) mass is 357 g/mol. The molecule has 3 amide bonds. The number of carbonyl (C=O) groups excluding carboxylic acids is 3. The largest absolute Gasteiger partial charge is 0.497 e. The predicted octanol–water partition coefficient (Wildman–Crippen LogP) is 1.80. The van der Waals surface area contributed by atoms with Crippen molar-refractivity contribution in [3.8, 4) is 11.5 Å². The Morgan fingerprint density at radius 1 is 1.00 bits per heavy atom. The molecular weight excluding hydrogens is 338 g/mol. The zero-order valence-corrected chi connectivity index (χ0v) is 14.6. The second kappa shape index (κ2) is 8.02. The Kier molecular flexibility index (Phi) is 5.79. The molecule has 0 bridgehead atoms. The average molecular weight is 357 g/mol. The molecule has 0 aliphatic rings. The summed E-state index contributed by atoms with van der Waals surface area (Å²) in [6, 6.07) is 10.7. The molecule has 2 rings (SSSR count). The summed E-state index contributed by atoms with van der Waals surface area (Å²) in [5.41, 5.74) is 6.59. The Morgan fingerprint density at radius 2 is 1.65 bits per heavy atom. The van der Waals surface area contributed by atoms with Gasteiger partial charge in [0.2, 0.25) is 5.91 Å². The van der Waals surface area contributed by atoms with Crippen molar-refractivity contribution in [3.05, 3.63) is 42.5 Å². The van der Waals surface area contributed by atoms with Crippen LogP contribution in [0, 0.1) is 0 Å². The molecule has 0 aliphatic carbocycles. The van der Waals surface area contributed by atoms with Gasteiger partial charge in [0.25, 0.3) is 0 Å². The van der Waals surface area contributed by atoms with Crippen LogP contribution in [-0.4, -0.2) is 31.9 Å². The van der Waals surface area contributed by atoms with Gasteiger partial charge in [-0.1, -0.05) is 0 Å². The lowest BCUT2D eigenvalue weighted by Crippen LogP contribution is -2.42. The van der Waals surface area contributed by atoms with Crippen LogP contribution < -0.4 is 25.4 Å². The number of nitrogens with one attached hydrogen (secondary N) is 1. The summed E-state index contributed by atoms with van der Waals surface area (Å²) in [6.45, 7) is 1.19. The van der Waals surface area contributed by atoms with E-state index in [0.717, 1.165) is 4.90 Å². The van der Waals surface area contributed by atoms with Gasteiger partial charge >= 0.3 is 11.8 Å². The maximum atomic E-state index is 12.5. The molecule has 0 aromatic heterocycles. The van der Waals surface area contributed by atoms with Gasteiger partial charge in [-0.05, 0) is 36.4 Å². The van der Waals surface area contributed by atoms with Crippen LogP contribution in [0.2, 0.25) is 0 Å². The van der Waals surface area contributed by atoms with E-state index in [1.165, 1.54) is 51.5 Å². The number of hydrogen-bond acceptors (Lipinski definition) is 6. The number of hydrogen-bond donors (Lipinski definition) is 2. The summed E-state index contributed by atoms with van der Waals surface area (Å²) in [6.07, 6.45) is 0. The van der Waals surface area contributed by atoms with Crippen LogP contribution in [0.4, 0.5) is 17.1 Å². The first-order valence-corrected chi connectivity index (χ1v) is 7.61. The lowest BCUT2D eigenvalue weighted by atomic mass is 10.2. The zero-order valence-electron chi connectivity index (χ0n) is 14.6. The molecule has 2 aromatic carbocycles. The van der Waals surface area contributed by atoms with Gasteiger partial charge in [-0.15, -0.1) is 0 Å². The van der Waals surface area contributed by atoms with Gasteiger partial charge in [0, 0.05) is 18.7 Å². The number of nitrogens with zero attached hydrogens (tertiary/aromatic N) is 1. The number of imide groups is 1. The summed E-state index contributed by atoms with van der Waals surface area (Å²) in [5.74, 6) is -1.77. The minimum Gasteiger partial charge on any atom is -0.497 e. The van der Waals surface area contributed by atoms with Crippen LogP contribution in [-0.2, 0) is 14.4 Å². The van der Waals surface area contributed by atoms with Crippen LogP contribution in [0.5, 0.6) is 11.5 Å². The zero-order chi connectivity index (χ0) is 19.3. The van der Waals surface area contributed by atoms with Crippen molar-refractivity contribution in [2.24, 2.45) is 0 Å². The van der Waals surface area contributed by atoms with Crippen molar-refractivity contribution in [2.45, 2.75) is 6.92 Å². The number of rotatable bonds is 4. The van der Waals surface area contributed by atoms with E-state index < -0.39 is 17.7 Å². The van der Waals surface area contributed by atoms with Crippen molar-refractivity contribution < 1.29 is 23.9 Å². The van der Waals surface area contributed by atoms with Crippen molar-refractivity contribution in [1.29, 1.82) is 0 Å². The Hall–Kier alpha value is -3.55. The van der Waals surface area contributed by atoms with E-state index in [9.17, 15) is 14.4 Å². The summed E-state index contributed by atoms with van der Waals surface area (Å²) in [4.78, 5) is 37.5. The van der Waals surface area contributed by atoms with E-state index in [0.29, 0.717) is 17.2 Å². The molecule has 0 spiro atoms. The average Bonchev–Trinajstić information content (AvgIpc) is 2.63. The fourth-order valence-corrected chi connectivity index (χ4v) is 2.24. The van der Waals surface area contributed by atoms with Gasteiger partial charge in [0.1, 0.15) is 11.5 Å². The van der Waals surface area contributed by atoms with Crippen LogP contribution in [0.25, 0.3) is 0 Å². The second-order valence-corrected chi connectivity index (χ2v) is 5.27. The molecule has 0 heterocycles. The highest BCUT2D eigenvalue weighted by molar-refractivity contribution is 6.48. The van der Waals surface area contributed by atoms with Gasteiger partial charge in [-0.3, -0.25) is 14.4 Å². The first-order chi connectivity index (χ1) is 12.4. The molecule has 0 atom stereocenters. The SMILES string of the molecule is COc1ccc(NC(=O)C(=O)N(C(C)=O)c2ccc(N)cc2)c(OC)c1. The van der Waals surface area contributed by atoms with Gasteiger partial charge in [0.15, 0.2) is 0 Å². The van der Waals surface area contributed by atoms with E-state index >= 15 is 0 Å². The van der Waals surface area contributed by atoms with Gasteiger partial charge in [0.05, 0.1) is 25.6 Å². The van der Waals surface area contributed by atoms with Crippen molar-refractivity contribution in [1.82, 2.24) is 0 Å². The smallest absolute Gasteiger partial charge is 0.323 e. The van der Waals surface area contributed by atoms with Gasteiger partial charge in [-0.25, -0.2) is 4.90 Å². The molecule has 0 radical (unpaired) electrons. The number of nitrogen functional groups attached to an aromatic ring is 1. The molecule has 0 saturated carbocycles. The molecule has 136 valence electrons. The van der Waals surface area contributed by atoms with Crippen LogP contribution in [0.1, 0.15) is 6.92 Å². The minimum absolute atomic E-state index is 0.244. The molecule has 26 heavy (non-hydrogen) atoms. The fraction of sp³-hybridized carbons (Fsp3) is 0.167. The lowest BCUT2D eigenvalue weighted by Gasteiger charge is -2.19. The topological polar surface area (TPSA) is 111 Å². The number of ether oxygens (including phenoxy) is 2. The highest BCUT2D eigenvalue weighted by Gasteiger charge is 2.27. The highest BCUT2D eigenvalue weighted by atomic mass is 16.5. The molecule has 0 unspecified atom stereocenters. The Morgan fingerprint density at radius 3 is 2.19 bits per heavy atom. The summed E-state index contributed by atoms with van der Waals surface area (Å²) in [5, 5.41) is 2.44. The fourth-order valence-electron chi connectivity index (χ4n) is 2.24. The number of carbonyl (C=O) groups is 3. The van der Waals surface area contributed by atoms with Gasteiger partial charge in [-0.2, -0.15) is 0 Å². The molecule has 3 N–H and O–H groups in total. The van der Waals surface area contributed by atoms with Crippen LogP contribution in [0.15, 0.2) is 42.5 Å². The molecule has 0 aliphatic heterocycles. The van der Waals surface area contributed by atoms with Crippen molar-refractivity contribution in [3.63, 3.8) is 0 Å². The molecule has 0 saturated heterocycles. The summed E-state index contributed by atoms with van der Waals surface area (Å²) < 4.78 is 10.3. The van der Waals surface area contributed by atoms with E-state index in [1.54, 1.807) is 12.1 Å². The number of benzene rings is 2. The Balaban J connectivity index is 2.26. The van der Waals surface area contributed by atoms with Gasteiger partial charge < -0.3 is 20.5 Å². The van der Waals surface area contributed by atoms with Crippen LogP contribution >= 0.6 is 0 Å². The number of amides is 3. The standard InChI is InChI=1S/C18H19N3O5/c1-11(22)21(13-6-4-12(19)5-7-13)18(24)17(23)20-15-9-8-14(25-2)10-16(15)26-3/h4-10H,19H2,1-3H3,(H,20,23). The second-order valence-electron chi connectivity index (χ2n) is 5.27. The van der Waals surface area contributed by atoms with E-state index in [1.807, 2.05) is 0 Å². The molecule has 0 fully saturated rings. The third-order valence-corrected chi connectivity index (χ3v) is 3.52. The van der Waals surface area contributed by atoms with E-state index in [2.05, 4.69) is 5.32 Å². The molecule has 8 nitrogen and oxygen atoms in total. The number of nitrogens with two attached hydrogens (primary N) is 1. The maximum absolute atomic E-state index is 12.5. The number of methoxy groups -OCH3 is 2. The molecular formula is C18H19N3O5. The summed E-state index contributed by atoms with van der Waals surface area (Å²) >= 11 is 0. The number of anilines is 3. The predicted molar refractivity (Wildman–Crippen MR) is 97.2 cm³/mol. The quantitative estimate of drug-likeness (QED) is 0.638. The van der Waals surface area contributed by atoms with Crippen LogP contribution in [0.3, 0.4) is 0 Å². The first-order valence-electron chi connectivity index (χ1n) is 7.61. The molecule has 2 aromatic rings. The highest BCUT2D eigenvalue weighted by Crippen LogP contribution is 2.29. The third kappa shape index (κ3) is 4.10. The normalized spacial score (nSPS) is 9.96. The maximum Gasteiger partial charge on any atom is 0.323 e. The third-order valence-electron chi connectivity index (χ3n) is 3.52. The first kappa shape index (κ1) is 18.8. The van der Waals surface area contributed by atoms with E-state index in [4.69, 9.17) is 15.2 Å².